The summed E-state index contributed by atoms with van der Waals surface area (Å²) in [5.74, 6) is 0.758. The number of phenolic OH excluding ortho intramolecular Hbond substituents is 1. The van der Waals surface area contributed by atoms with Gasteiger partial charge >= 0.3 is 0 Å². The lowest BCUT2D eigenvalue weighted by atomic mass is 10.0. The summed E-state index contributed by atoms with van der Waals surface area (Å²) in [6.07, 6.45) is 20.9. The van der Waals surface area contributed by atoms with E-state index in [1.165, 1.54) is 102 Å². The van der Waals surface area contributed by atoms with Crippen molar-refractivity contribution >= 4 is 31.9 Å². The van der Waals surface area contributed by atoms with Gasteiger partial charge in [0.15, 0.2) is 0 Å². The number of hydrogen-bond donors (Lipinski definition) is 2. The van der Waals surface area contributed by atoms with Crippen LogP contribution in [0.25, 0.3) is 33.2 Å². The van der Waals surface area contributed by atoms with E-state index in [1.54, 1.807) is 6.07 Å². The molecule has 3 aromatic carbocycles. The second kappa shape index (κ2) is 16.1. The Morgan fingerprint density at radius 1 is 0.714 bits per heavy atom. The van der Waals surface area contributed by atoms with Crippen LogP contribution in [-0.4, -0.2) is 27.6 Å². The molecule has 1 heterocycles. The molecule has 4 aromatic rings. The summed E-state index contributed by atoms with van der Waals surface area (Å²) in [5.41, 5.74) is 1.87. The van der Waals surface area contributed by atoms with Gasteiger partial charge in [0.1, 0.15) is 11.6 Å². The van der Waals surface area contributed by atoms with Crippen molar-refractivity contribution in [1.82, 2.24) is 9.55 Å². The van der Waals surface area contributed by atoms with Gasteiger partial charge in [-0.3, -0.25) is 4.55 Å². The van der Waals surface area contributed by atoms with Crippen LogP contribution in [0.4, 0.5) is 0 Å². The van der Waals surface area contributed by atoms with Gasteiger partial charge in [0.2, 0.25) is 0 Å². The lowest BCUT2D eigenvalue weighted by Crippen LogP contribution is -2.02. The van der Waals surface area contributed by atoms with E-state index < -0.39 is 10.1 Å². The summed E-state index contributed by atoms with van der Waals surface area (Å²) in [5, 5.41) is 12.8. The number of aryl methyl sites for hydroxylation is 1. The van der Waals surface area contributed by atoms with E-state index in [4.69, 9.17) is 4.98 Å². The van der Waals surface area contributed by atoms with Crippen molar-refractivity contribution in [2.75, 3.05) is 0 Å². The fraction of sp³-hybridized carbons (Fsp3) is 0.514. The molecule has 0 fully saturated rings. The molecule has 0 radical (unpaired) electrons. The zero-order valence-corrected chi connectivity index (χ0v) is 26.0. The molecule has 0 spiro atoms. The average Bonchev–Trinajstić information content (AvgIpc) is 3.34. The quantitative estimate of drug-likeness (QED) is 0.0835. The monoisotopic (exact) mass is 592 g/mol. The maximum absolute atomic E-state index is 11.8. The number of rotatable bonds is 19. The third-order valence-corrected chi connectivity index (χ3v) is 9.24. The van der Waals surface area contributed by atoms with Crippen LogP contribution in [0.2, 0.25) is 0 Å². The number of fused-ring (bicyclic) bond motifs is 2. The largest absolute Gasteiger partial charge is 0.507 e. The minimum atomic E-state index is -4.34. The molecule has 2 N–H and O–H groups in total. The Bertz CT molecular complexity index is 1530. The standard InChI is InChI=1S/C35H48N2O4S/c1-2-3-4-5-6-7-8-9-10-11-12-13-14-15-16-19-26-37-33-25-23-29(42(39,40)41)27-32(33)36-35(37)31-24-22-28-20-17-18-21-30(28)34(31)38/h17-18,20-25,27,38H,2-16,19,26H2,1H3,(H,39,40,41). The van der Waals surface area contributed by atoms with Crippen LogP contribution in [0.15, 0.2) is 59.5 Å². The molecule has 0 saturated heterocycles. The molecule has 228 valence electrons. The Balaban J connectivity index is 1.29. The molecular weight excluding hydrogens is 544 g/mol. The van der Waals surface area contributed by atoms with Gasteiger partial charge in [0, 0.05) is 11.9 Å². The molecule has 6 nitrogen and oxygen atoms in total. The van der Waals surface area contributed by atoms with Crippen molar-refractivity contribution in [2.24, 2.45) is 0 Å². The predicted octanol–water partition coefficient (Wildman–Crippen LogP) is 10.1. The molecule has 0 bridgehead atoms. The van der Waals surface area contributed by atoms with Crippen molar-refractivity contribution in [3.05, 3.63) is 54.6 Å². The minimum absolute atomic E-state index is 0.159. The number of unbranched alkanes of at least 4 members (excludes halogenated alkanes) is 15. The van der Waals surface area contributed by atoms with Gasteiger partial charge in [0.25, 0.3) is 10.1 Å². The topological polar surface area (TPSA) is 92.4 Å². The highest BCUT2D eigenvalue weighted by Crippen LogP contribution is 2.37. The summed E-state index contributed by atoms with van der Waals surface area (Å²) in [7, 11) is -4.34. The summed E-state index contributed by atoms with van der Waals surface area (Å²) >= 11 is 0. The Labute approximate surface area is 251 Å². The second-order valence-corrected chi connectivity index (χ2v) is 13.1. The van der Waals surface area contributed by atoms with Crippen LogP contribution < -0.4 is 0 Å². The zero-order valence-electron chi connectivity index (χ0n) is 25.2. The Hall–Kier alpha value is -2.90. The number of phenols is 1. The summed E-state index contributed by atoms with van der Waals surface area (Å²) < 4.78 is 35.1. The molecule has 0 atom stereocenters. The molecule has 4 rings (SSSR count). The maximum atomic E-state index is 11.8. The van der Waals surface area contributed by atoms with Gasteiger partial charge in [0.05, 0.1) is 21.5 Å². The zero-order chi connectivity index (χ0) is 29.8. The summed E-state index contributed by atoms with van der Waals surface area (Å²) in [6, 6.07) is 16.0. The van der Waals surface area contributed by atoms with Gasteiger partial charge < -0.3 is 9.67 Å². The highest BCUT2D eigenvalue weighted by atomic mass is 32.2. The van der Waals surface area contributed by atoms with Crippen LogP contribution in [0.3, 0.4) is 0 Å². The summed E-state index contributed by atoms with van der Waals surface area (Å²) in [6.45, 7) is 2.98. The van der Waals surface area contributed by atoms with Gasteiger partial charge in [-0.25, -0.2) is 4.98 Å². The highest BCUT2D eigenvalue weighted by molar-refractivity contribution is 7.85. The molecule has 0 aliphatic carbocycles. The molecule has 0 saturated carbocycles. The Morgan fingerprint density at radius 3 is 1.88 bits per heavy atom. The van der Waals surface area contributed by atoms with Crippen molar-refractivity contribution in [1.29, 1.82) is 0 Å². The molecule has 0 aliphatic rings. The fourth-order valence-corrected chi connectivity index (χ4v) is 6.46. The highest BCUT2D eigenvalue weighted by Gasteiger charge is 2.19. The number of benzene rings is 3. The van der Waals surface area contributed by atoms with Gasteiger partial charge in [-0.05, 0) is 36.1 Å². The number of aromatic hydroxyl groups is 1. The fourth-order valence-electron chi connectivity index (χ4n) is 5.96. The lowest BCUT2D eigenvalue weighted by molar-refractivity contribution is 0.481. The van der Waals surface area contributed by atoms with E-state index in [1.807, 2.05) is 36.4 Å². The van der Waals surface area contributed by atoms with Crippen molar-refractivity contribution in [2.45, 2.75) is 121 Å². The molecule has 7 heteroatoms. The van der Waals surface area contributed by atoms with Gasteiger partial charge in [-0.1, -0.05) is 134 Å². The lowest BCUT2D eigenvalue weighted by Gasteiger charge is -2.12. The third kappa shape index (κ3) is 8.81. The third-order valence-electron chi connectivity index (χ3n) is 8.39. The molecule has 0 aliphatic heterocycles. The van der Waals surface area contributed by atoms with Crippen molar-refractivity contribution in [3.8, 4) is 17.1 Å². The van der Waals surface area contributed by atoms with E-state index in [9.17, 15) is 18.1 Å². The molecule has 42 heavy (non-hydrogen) atoms. The van der Waals surface area contributed by atoms with Gasteiger partial charge in [-0.2, -0.15) is 8.42 Å². The van der Waals surface area contributed by atoms with E-state index in [0.717, 1.165) is 29.1 Å². The van der Waals surface area contributed by atoms with Crippen molar-refractivity contribution in [3.63, 3.8) is 0 Å². The molecule has 0 amide bonds. The first-order valence-corrected chi connectivity index (χ1v) is 17.5. The minimum Gasteiger partial charge on any atom is -0.507 e. The van der Waals surface area contributed by atoms with Crippen molar-refractivity contribution < 1.29 is 18.1 Å². The van der Waals surface area contributed by atoms with Crippen LogP contribution in [0.1, 0.15) is 110 Å². The number of imidazole rings is 1. The smallest absolute Gasteiger partial charge is 0.294 e. The van der Waals surface area contributed by atoms with Crippen LogP contribution >= 0.6 is 0 Å². The number of hydrogen-bond acceptors (Lipinski definition) is 4. The first-order chi connectivity index (χ1) is 20.4. The normalized spacial score (nSPS) is 12.0. The second-order valence-electron chi connectivity index (χ2n) is 11.7. The first-order valence-electron chi connectivity index (χ1n) is 16.1. The maximum Gasteiger partial charge on any atom is 0.294 e. The predicted molar refractivity (Wildman–Crippen MR) is 174 cm³/mol. The van der Waals surface area contributed by atoms with E-state index in [-0.39, 0.29) is 10.6 Å². The molecule has 1 aromatic heterocycles. The van der Waals surface area contributed by atoms with E-state index in [2.05, 4.69) is 11.5 Å². The SMILES string of the molecule is CCCCCCCCCCCCCCCCCCn1c(-c2ccc3ccccc3c2O)nc2cc(S(=O)(=O)O)ccc21. The first kappa shape index (κ1) is 32.0. The van der Waals surface area contributed by atoms with Crippen LogP contribution in [-0.2, 0) is 16.7 Å². The van der Waals surface area contributed by atoms with E-state index in [0.29, 0.717) is 23.4 Å². The average molecular weight is 593 g/mol. The molecule has 0 unspecified atom stereocenters. The Kier molecular flexibility index (Phi) is 12.3. The summed E-state index contributed by atoms with van der Waals surface area (Å²) in [4.78, 5) is 4.56. The van der Waals surface area contributed by atoms with Crippen LogP contribution in [0.5, 0.6) is 5.75 Å². The van der Waals surface area contributed by atoms with Gasteiger partial charge in [-0.15, -0.1) is 0 Å². The number of nitrogens with zero attached hydrogens (tertiary/aromatic N) is 2. The van der Waals surface area contributed by atoms with Crippen LogP contribution in [0, 0.1) is 0 Å². The Morgan fingerprint density at radius 2 is 1.29 bits per heavy atom. The molecular formula is C35H48N2O4S. The van der Waals surface area contributed by atoms with E-state index >= 15 is 0 Å². The number of aromatic nitrogens is 2.